The zero-order valence-corrected chi connectivity index (χ0v) is 12.2. The SMILES string of the molecule is Cc1c(C(=O)/C=C/[O-])nnn1-c1ccccc1.[Na+]. The molecule has 1 heterocycles. The van der Waals surface area contributed by atoms with Crippen LogP contribution in [0.4, 0.5) is 0 Å². The van der Waals surface area contributed by atoms with Gasteiger partial charge in [0.05, 0.1) is 11.4 Å². The predicted octanol–water partition coefficient (Wildman–Crippen LogP) is -2.36. The van der Waals surface area contributed by atoms with E-state index in [0.29, 0.717) is 12.0 Å². The molecule has 0 spiro atoms. The molecule has 0 radical (unpaired) electrons. The number of carbonyl (C=O) groups excluding carboxylic acids is 1. The van der Waals surface area contributed by atoms with Crippen molar-refractivity contribution in [3.63, 3.8) is 0 Å². The van der Waals surface area contributed by atoms with E-state index in [-0.39, 0.29) is 35.3 Å². The first-order valence-electron chi connectivity index (χ1n) is 5.04. The van der Waals surface area contributed by atoms with Gasteiger partial charge in [-0.1, -0.05) is 23.4 Å². The molecule has 0 saturated heterocycles. The van der Waals surface area contributed by atoms with Crippen LogP contribution in [0.1, 0.15) is 16.2 Å². The van der Waals surface area contributed by atoms with Crippen LogP contribution in [0.15, 0.2) is 42.7 Å². The Morgan fingerprint density at radius 3 is 2.61 bits per heavy atom. The van der Waals surface area contributed by atoms with E-state index in [2.05, 4.69) is 10.3 Å². The van der Waals surface area contributed by atoms with E-state index in [1.807, 2.05) is 30.3 Å². The Morgan fingerprint density at radius 1 is 1.33 bits per heavy atom. The van der Waals surface area contributed by atoms with Crippen LogP contribution < -0.4 is 34.7 Å². The summed E-state index contributed by atoms with van der Waals surface area (Å²) < 4.78 is 1.56. The second-order valence-electron chi connectivity index (χ2n) is 3.44. The minimum atomic E-state index is -0.431. The molecule has 0 atom stereocenters. The van der Waals surface area contributed by atoms with E-state index < -0.39 is 5.78 Å². The van der Waals surface area contributed by atoms with Gasteiger partial charge < -0.3 is 5.11 Å². The minimum absolute atomic E-state index is 0. The molecule has 1 aromatic heterocycles. The molecule has 0 saturated carbocycles. The minimum Gasteiger partial charge on any atom is -0.878 e. The fraction of sp³-hybridized carbons (Fsp3) is 0.0833. The summed E-state index contributed by atoms with van der Waals surface area (Å²) in [6, 6.07) is 9.35. The van der Waals surface area contributed by atoms with Crippen molar-refractivity contribution in [3.8, 4) is 5.69 Å². The Balaban J connectivity index is 0.00000162. The van der Waals surface area contributed by atoms with Crippen LogP contribution in [0.5, 0.6) is 0 Å². The molecule has 0 unspecified atom stereocenters. The van der Waals surface area contributed by atoms with Crippen molar-refractivity contribution in [2.24, 2.45) is 0 Å². The van der Waals surface area contributed by atoms with Crippen LogP contribution >= 0.6 is 0 Å². The molecule has 0 fully saturated rings. The second-order valence-corrected chi connectivity index (χ2v) is 3.44. The Labute approximate surface area is 126 Å². The van der Waals surface area contributed by atoms with E-state index in [9.17, 15) is 9.90 Å². The van der Waals surface area contributed by atoms with E-state index in [1.165, 1.54) is 0 Å². The summed E-state index contributed by atoms with van der Waals surface area (Å²) in [7, 11) is 0. The van der Waals surface area contributed by atoms with Crippen LogP contribution in [0.25, 0.3) is 5.69 Å². The third kappa shape index (κ3) is 2.87. The monoisotopic (exact) mass is 251 g/mol. The molecule has 6 heteroatoms. The van der Waals surface area contributed by atoms with Crippen molar-refractivity contribution < 1.29 is 39.5 Å². The smallest absolute Gasteiger partial charge is 0.878 e. The summed E-state index contributed by atoms with van der Waals surface area (Å²) in [5.74, 6) is -0.431. The Bertz CT molecular complexity index is 564. The second kappa shape index (κ2) is 6.49. The molecule has 18 heavy (non-hydrogen) atoms. The van der Waals surface area contributed by atoms with Crippen LogP contribution in [0.2, 0.25) is 0 Å². The van der Waals surface area contributed by atoms with Crippen LogP contribution in [-0.2, 0) is 0 Å². The molecule has 0 aliphatic rings. The third-order valence-corrected chi connectivity index (χ3v) is 2.35. The van der Waals surface area contributed by atoms with Crippen LogP contribution in [0.3, 0.4) is 0 Å². The van der Waals surface area contributed by atoms with Gasteiger partial charge in [0.15, 0.2) is 5.69 Å². The van der Waals surface area contributed by atoms with Crippen molar-refractivity contribution in [2.75, 3.05) is 0 Å². The van der Waals surface area contributed by atoms with Gasteiger partial charge in [0.25, 0.3) is 0 Å². The van der Waals surface area contributed by atoms with Gasteiger partial charge in [0.1, 0.15) is 0 Å². The number of ketones is 1. The molecule has 2 rings (SSSR count). The number of benzene rings is 1. The van der Waals surface area contributed by atoms with Crippen LogP contribution in [0, 0.1) is 6.92 Å². The number of allylic oxidation sites excluding steroid dienone is 1. The van der Waals surface area contributed by atoms with E-state index >= 15 is 0 Å². The predicted molar refractivity (Wildman–Crippen MR) is 59.6 cm³/mol. The van der Waals surface area contributed by atoms with Crippen LogP contribution in [-0.4, -0.2) is 20.8 Å². The molecule has 0 bridgehead atoms. The standard InChI is InChI=1S/C12H11N3O2.Na/c1-9-12(11(17)7-8-16)13-14-15(9)10-5-3-2-4-6-10;/h2-8,16H,1H3;/q;+1/p-1/b8-7+;. The number of aromatic nitrogens is 3. The molecule has 1 aromatic carbocycles. The van der Waals surface area contributed by atoms with Crippen molar-refractivity contribution in [1.29, 1.82) is 0 Å². The number of carbonyl (C=O) groups is 1. The number of rotatable bonds is 3. The molecule has 2 aromatic rings. The van der Waals surface area contributed by atoms with Gasteiger partial charge in [0.2, 0.25) is 5.78 Å². The van der Waals surface area contributed by atoms with Crippen molar-refractivity contribution in [2.45, 2.75) is 6.92 Å². The third-order valence-electron chi connectivity index (χ3n) is 2.35. The molecular formula is C12H10N3NaO2. The quantitative estimate of drug-likeness (QED) is 0.265. The fourth-order valence-corrected chi connectivity index (χ4v) is 1.51. The summed E-state index contributed by atoms with van der Waals surface area (Å²) in [6.07, 6.45) is 1.38. The number of nitrogens with zero attached hydrogens (tertiary/aromatic N) is 3. The maximum Gasteiger partial charge on any atom is 1.00 e. The fourth-order valence-electron chi connectivity index (χ4n) is 1.51. The number of hydrogen-bond donors (Lipinski definition) is 0. The first kappa shape index (κ1) is 14.6. The normalized spacial score (nSPS) is 10.3. The van der Waals surface area contributed by atoms with Crippen molar-refractivity contribution in [3.05, 3.63) is 54.1 Å². The molecule has 0 aliphatic carbocycles. The summed E-state index contributed by atoms with van der Waals surface area (Å²) in [4.78, 5) is 11.5. The Hall–Kier alpha value is -1.43. The number of para-hydroxylation sites is 1. The largest absolute Gasteiger partial charge is 1.00 e. The van der Waals surface area contributed by atoms with Gasteiger partial charge in [0, 0.05) is 0 Å². The molecule has 0 aliphatic heterocycles. The molecule has 5 nitrogen and oxygen atoms in total. The Kier molecular flexibility index (Phi) is 5.27. The first-order valence-corrected chi connectivity index (χ1v) is 5.04. The Morgan fingerprint density at radius 2 is 2.00 bits per heavy atom. The molecule has 86 valence electrons. The van der Waals surface area contributed by atoms with Gasteiger partial charge in [-0.05, 0) is 25.1 Å². The zero-order chi connectivity index (χ0) is 12.3. The van der Waals surface area contributed by atoms with Gasteiger partial charge in [-0.15, -0.1) is 11.4 Å². The number of hydrogen-bond acceptors (Lipinski definition) is 4. The van der Waals surface area contributed by atoms with Crippen molar-refractivity contribution in [1.82, 2.24) is 15.0 Å². The maximum absolute atomic E-state index is 11.5. The molecular weight excluding hydrogens is 241 g/mol. The van der Waals surface area contributed by atoms with Gasteiger partial charge >= 0.3 is 29.6 Å². The first-order chi connectivity index (χ1) is 8.24. The van der Waals surface area contributed by atoms with Gasteiger partial charge in [-0.2, -0.15) is 0 Å². The summed E-state index contributed by atoms with van der Waals surface area (Å²) in [5, 5.41) is 17.9. The molecule has 0 amide bonds. The van der Waals surface area contributed by atoms with Gasteiger partial charge in [-0.3, -0.25) is 4.79 Å². The maximum atomic E-state index is 11.5. The zero-order valence-electron chi connectivity index (χ0n) is 10.2. The average Bonchev–Trinajstić information content (AvgIpc) is 2.72. The van der Waals surface area contributed by atoms with E-state index in [4.69, 9.17) is 0 Å². The average molecular weight is 251 g/mol. The van der Waals surface area contributed by atoms with Gasteiger partial charge in [-0.25, -0.2) is 4.68 Å². The molecule has 0 N–H and O–H groups in total. The van der Waals surface area contributed by atoms with E-state index in [1.54, 1.807) is 11.6 Å². The topological polar surface area (TPSA) is 70.8 Å². The van der Waals surface area contributed by atoms with Crippen molar-refractivity contribution >= 4 is 5.78 Å². The summed E-state index contributed by atoms with van der Waals surface area (Å²) in [5.41, 5.74) is 1.63. The summed E-state index contributed by atoms with van der Waals surface area (Å²) in [6.45, 7) is 1.73. The summed E-state index contributed by atoms with van der Waals surface area (Å²) >= 11 is 0. The van der Waals surface area contributed by atoms with E-state index in [0.717, 1.165) is 11.8 Å².